The molecule has 31 heavy (non-hydrogen) atoms. The average molecular weight is 423 g/mol. The fraction of sp³-hybridized carbons (Fsp3) is 0.273. The first-order valence-electron chi connectivity index (χ1n) is 9.57. The Morgan fingerprint density at radius 2 is 1.87 bits per heavy atom. The van der Waals surface area contributed by atoms with Crippen LogP contribution in [-0.4, -0.2) is 39.1 Å². The highest BCUT2D eigenvalue weighted by Gasteiger charge is 2.23. The summed E-state index contributed by atoms with van der Waals surface area (Å²) in [4.78, 5) is 29.8. The molecule has 0 saturated heterocycles. The van der Waals surface area contributed by atoms with Crippen LogP contribution in [0.15, 0.2) is 42.6 Å². The summed E-state index contributed by atoms with van der Waals surface area (Å²) in [5, 5.41) is 17.7. The molecule has 2 aromatic carbocycles. The number of hydrogen-bond acceptors (Lipinski definition) is 6. The Hall–Kier alpha value is -3.72. The van der Waals surface area contributed by atoms with E-state index in [9.17, 15) is 9.59 Å². The van der Waals surface area contributed by atoms with E-state index in [1.807, 2.05) is 19.1 Å². The molecule has 0 fully saturated rings. The Labute approximate surface area is 180 Å². The minimum atomic E-state index is -1.18. The van der Waals surface area contributed by atoms with E-state index in [0.29, 0.717) is 22.6 Å². The third-order valence-corrected chi connectivity index (χ3v) is 4.82. The van der Waals surface area contributed by atoms with Crippen LogP contribution in [0.4, 0.5) is 11.4 Å². The highest BCUT2D eigenvalue weighted by Crippen LogP contribution is 2.30. The van der Waals surface area contributed by atoms with E-state index in [1.165, 1.54) is 23.1 Å². The number of aromatic carboxylic acids is 1. The number of nitrogens with zero attached hydrogens (tertiary/aromatic N) is 4. The highest BCUT2D eigenvalue weighted by molar-refractivity contribution is 6.05. The number of carboxylic acid groups (broad SMARTS) is 1. The van der Waals surface area contributed by atoms with Crippen molar-refractivity contribution in [1.29, 1.82) is 0 Å². The van der Waals surface area contributed by atoms with E-state index in [-0.39, 0.29) is 11.1 Å². The van der Waals surface area contributed by atoms with Crippen molar-refractivity contribution in [2.24, 2.45) is 0 Å². The highest BCUT2D eigenvalue weighted by atomic mass is 16.7. The molecular weight excluding hydrogens is 398 g/mol. The standard InChI is InChI=1S/C22H25N5O4/c1-13-6-7-14(8-19(13)26-12-18(21(29)30)24-25-26)20(28)27(31-5)17-10-15(22(2,3)4)9-16(23)11-17/h6-12H,23H2,1-5H3,(H,29,30). The van der Waals surface area contributed by atoms with Gasteiger partial charge < -0.3 is 10.8 Å². The second-order valence-electron chi connectivity index (χ2n) is 8.20. The molecule has 0 aliphatic rings. The van der Waals surface area contributed by atoms with E-state index < -0.39 is 11.9 Å². The van der Waals surface area contributed by atoms with E-state index in [2.05, 4.69) is 31.1 Å². The van der Waals surface area contributed by atoms with E-state index in [1.54, 1.807) is 24.3 Å². The topological polar surface area (TPSA) is 124 Å². The summed E-state index contributed by atoms with van der Waals surface area (Å²) in [6.45, 7) is 7.99. The maximum atomic E-state index is 13.3. The quantitative estimate of drug-likeness (QED) is 0.476. The Morgan fingerprint density at radius 1 is 1.16 bits per heavy atom. The molecule has 0 unspecified atom stereocenters. The third-order valence-electron chi connectivity index (χ3n) is 4.82. The number of amides is 1. The lowest BCUT2D eigenvalue weighted by Gasteiger charge is -2.25. The molecule has 162 valence electrons. The van der Waals surface area contributed by atoms with Crippen LogP contribution in [0.1, 0.15) is 52.7 Å². The number of aryl methyl sites for hydroxylation is 1. The van der Waals surface area contributed by atoms with Gasteiger partial charge in [-0.25, -0.2) is 9.48 Å². The van der Waals surface area contributed by atoms with Crippen LogP contribution in [0, 0.1) is 6.92 Å². The molecule has 9 nitrogen and oxygen atoms in total. The number of hydroxylamine groups is 1. The van der Waals surface area contributed by atoms with Gasteiger partial charge in [0.05, 0.1) is 24.7 Å². The van der Waals surface area contributed by atoms with Crippen LogP contribution in [0.3, 0.4) is 0 Å². The summed E-state index contributed by atoms with van der Waals surface area (Å²) in [5.74, 6) is -1.59. The molecule has 1 aromatic heterocycles. The number of rotatable bonds is 5. The molecule has 1 heterocycles. The smallest absolute Gasteiger partial charge is 0.358 e. The van der Waals surface area contributed by atoms with Gasteiger partial charge in [0.1, 0.15) is 0 Å². The predicted molar refractivity (Wildman–Crippen MR) is 116 cm³/mol. The van der Waals surface area contributed by atoms with Gasteiger partial charge in [-0.15, -0.1) is 5.10 Å². The number of carboxylic acids is 1. The van der Waals surface area contributed by atoms with Gasteiger partial charge in [-0.3, -0.25) is 9.63 Å². The Bertz CT molecular complexity index is 1150. The zero-order valence-corrected chi connectivity index (χ0v) is 18.1. The molecule has 1 amide bonds. The van der Waals surface area contributed by atoms with Gasteiger partial charge in [0.25, 0.3) is 5.91 Å². The summed E-state index contributed by atoms with van der Waals surface area (Å²) >= 11 is 0. The molecule has 3 N–H and O–H groups in total. The van der Waals surface area contributed by atoms with Crippen molar-refractivity contribution in [2.75, 3.05) is 17.9 Å². The predicted octanol–water partition coefficient (Wildman–Crippen LogP) is 3.36. The average Bonchev–Trinajstić information content (AvgIpc) is 3.18. The zero-order chi connectivity index (χ0) is 22.9. The molecular formula is C22H25N5O4. The van der Waals surface area contributed by atoms with Crippen LogP contribution in [0.2, 0.25) is 0 Å². The zero-order valence-electron chi connectivity index (χ0n) is 18.1. The molecule has 0 aliphatic heterocycles. The second kappa shape index (κ2) is 8.19. The van der Waals surface area contributed by atoms with E-state index >= 15 is 0 Å². The Kier molecular flexibility index (Phi) is 5.81. The van der Waals surface area contributed by atoms with Crippen LogP contribution >= 0.6 is 0 Å². The van der Waals surface area contributed by atoms with Crippen molar-refractivity contribution in [1.82, 2.24) is 15.0 Å². The first kappa shape index (κ1) is 22.0. The monoisotopic (exact) mass is 423 g/mol. The van der Waals surface area contributed by atoms with Gasteiger partial charge in [0.2, 0.25) is 0 Å². The molecule has 3 rings (SSSR count). The number of carbonyl (C=O) groups is 2. The fourth-order valence-electron chi connectivity index (χ4n) is 3.08. The van der Waals surface area contributed by atoms with Gasteiger partial charge in [0, 0.05) is 11.3 Å². The summed E-state index contributed by atoms with van der Waals surface area (Å²) in [6.07, 6.45) is 1.29. The number of hydrogen-bond donors (Lipinski definition) is 2. The molecule has 0 radical (unpaired) electrons. The summed E-state index contributed by atoms with van der Waals surface area (Å²) in [6, 6.07) is 10.4. The number of carbonyl (C=O) groups excluding carboxylic acids is 1. The third kappa shape index (κ3) is 4.56. The van der Waals surface area contributed by atoms with E-state index in [4.69, 9.17) is 15.7 Å². The van der Waals surface area contributed by atoms with Gasteiger partial charge in [-0.2, -0.15) is 5.06 Å². The second-order valence-corrected chi connectivity index (χ2v) is 8.20. The van der Waals surface area contributed by atoms with Crippen LogP contribution in [0.25, 0.3) is 5.69 Å². The van der Waals surface area contributed by atoms with Gasteiger partial charge in [-0.05, 0) is 53.8 Å². The maximum absolute atomic E-state index is 13.3. The lowest BCUT2D eigenvalue weighted by Crippen LogP contribution is -2.30. The first-order chi connectivity index (χ1) is 14.5. The van der Waals surface area contributed by atoms with Gasteiger partial charge in [0.15, 0.2) is 5.69 Å². The van der Waals surface area contributed by atoms with Crippen molar-refractivity contribution in [3.8, 4) is 5.69 Å². The van der Waals surface area contributed by atoms with Crippen molar-refractivity contribution in [3.05, 3.63) is 65.0 Å². The Balaban J connectivity index is 2.01. The molecule has 0 bridgehead atoms. The van der Waals surface area contributed by atoms with Crippen molar-refractivity contribution in [3.63, 3.8) is 0 Å². The molecule has 0 aliphatic carbocycles. The number of aromatic nitrogens is 3. The van der Waals surface area contributed by atoms with Crippen molar-refractivity contribution < 1.29 is 19.5 Å². The molecule has 9 heteroatoms. The normalized spacial score (nSPS) is 11.4. The largest absolute Gasteiger partial charge is 0.476 e. The van der Waals surface area contributed by atoms with Crippen LogP contribution in [0.5, 0.6) is 0 Å². The Morgan fingerprint density at radius 3 is 2.45 bits per heavy atom. The number of nitrogens with two attached hydrogens (primary N) is 1. The lowest BCUT2D eigenvalue weighted by atomic mass is 9.86. The fourth-order valence-corrected chi connectivity index (χ4v) is 3.08. The summed E-state index contributed by atoms with van der Waals surface area (Å²) < 4.78 is 1.32. The van der Waals surface area contributed by atoms with Crippen LogP contribution in [-0.2, 0) is 10.3 Å². The molecule has 0 spiro atoms. The van der Waals surface area contributed by atoms with Crippen molar-refractivity contribution in [2.45, 2.75) is 33.1 Å². The van der Waals surface area contributed by atoms with Gasteiger partial charge in [-0.1, -0.05) is 32.1 Å². The van der Waals surface area contributed by atoms with Crippen molar-refractivity contribution >= 4 is 23.3 Å². The number of benzene rings is 2. The summed E-state index contributed by atoms with van der Waals surface area (Å²) in [5.41, 5.74) is 9.36. The number of anilines is 2. The SMILES string of the molecule is CON(C(=O)c1ccc(C)c(-n2cc(C(=O)O)nn2)c1)c1cc(N)cc(C(C)(C)C)c1. The van der Waals surface area contributed by atoms with E-state index in [0.717, 1.165) is 11.1 Å². The van der Waals surface area contributed by atoms with Gasteiger partial charge >= 0.3 is 5.97 Å². The van der Waals surface area contributed by atoms with Crippen LogP contribution < -0.4 is 10.8 Å². The summed E-state index contributed by atoms with van der Waals surface area (Å²) in [7, 11) is 1.41. The first-order valence-corrected chi connectivity index (χ1v) is 9.57. The minimum absolute atomic E-state index is 0.168. The maximum Gasteiger partial charge on any atom is 0.358 e. The molecule has 0 saturated carbocycles. The number of nitrogen functional groups attached to an aromatic ring is 1. The minimum Gasteiger partial charge on any atom is -0.476 e. The molecule has 0 atom stereocenters. The lowest BCUT2D eigenvalue weighted by molar-refractivity contribution is 0.0689. The molecule has 3 aromatic rings.